The molecule has 1 saturated heterocycles. The van der Waals surface area contributed by atoms with Gasteiger partial charge in [-0.2, -0.15) is 5.10 Å². The predicted molar refractivity (Wildman–Crippen MR) is 96.5 cm³/mol. The van der Waals surface area contributed by atoms with E-state index in [1.54, 1.807) is 10.7 Å². The molecule has 0 unspecified atom stereocenters. The quantitative estimate of drug-likeness (QED) is 0.796. The van der Waals surface area contributed by atoms with E-state index in [1.807, 2.05) is 36.4 Å². The molecule has 6 heteroatoms. The number of carbonyl (C=O) groups excluding carboxylic acids is 1. The number of anilines is 1. The molecule has 1 aliphatic heterocycles. The monoisotopic (exact) mass is 335 g/mol. The highest BCUT2D eigenvalue weighted by molar-refractivity contribution is 6.04. The lowest BCUT2D eigenvalue weighted by Crippen LogP contribution is -2.29. The summed E-state index contributed by atoms with van der Waals surface area (Å²) in [7, 11) is 0. The number of rotatable bonds is 4. The van der Waals surface area contributed by atoms with Crippen LogP contribution in [0.5, 0.6) is 0 Å². The van der Waals surface area contributed by atoms with E-state index >= 15 is 0 Å². The number of benzene rings is 1. The van der Waals surface area contributed by atoms with E-state index in [4.69, 9.17) is 0 Å². The summed E-state index contributed by atoms with van der Waals surface area (Å²) in [5.74, 6) is -0.121. The van der Waals surface area contributed by atoms with Crippen molar-refractivity contribution in [1.29, 1.82) is 0 Å². The van der Waals surface area contributed by atoms with Crippen LogP contribution in [0.15, 0.2) is 48.9 Å². The van der Waals surface area contributed by atoms with Gasteiger partial charge in [0.1, 0.15) is 6.33 Å². The molecule has 1 aliphatic rings. The van der Waals surface area contributed by atoms with Crippen molar-refractivity contribution in [2.75, 3.05) is 18.4 Å². The molecule has 0 radical (unpaired) electrons. The average Bonchev–Trinajstić information content (AvgIpc) is 3.11. The van der Waals surface area contributed by atoms with Gasteiger partial charge in [-0.15, -0.1) is 0 Å². The van der Waals surface area contributed by atoms with Crippen molar-refractivity contribution in [3.63, 3.8) is 0 Å². The first-order chi connectivity index (χ1) is 12.3. The molecule has 25 heavy (non-hydrogen) atoms. The van der Waals surface area contributed by atoms with Crippen LogP contribution in [-0.4, -0.2) is 38.5 Å². The van der Waals surface area contributed by atoms with Crippen molar-refractivity contribution in [3.8, 4) is 0 Å². The van der Waals surface area contributed by atoms with Crippen molar-refractivity contribution in [2.45, 2.75) is 25.8 Å². The van der Waals surface area contributed by atoms with Crippen LogP contribution in [0.4, 0.5) is 5.69 Å². The molecule has 1 N–H and O–H groups in total. The van der Waals surface area contributed by atoms with Crippen LogP contribution in [0.3, 0.4) is 0 Å². The second-order valence-electron chi connectivity index (χ2n) is 6.47. The van der Waals surface area contributed by atoms with Gasteiger partial charge in [0.15, 0.2) is 5.65 Å². The fourth-order valence-electron chi connectivity index (χ4n) is 3.23. The predicted octanol–water partition coefficient (Wildman–Crippen LogP) is 2.97. The van der Waals surface area contributed by atoms with E-state index in [1.165, 1.54) is 44.2 Å². The fraction of sp³-hybridized carbons (Fsp3) is 0.316. The highest BCUT2D eigenvalue weighted by Gasteiger charge is 2.11. The molecule has 2 aromatic heterocycles. The SMILES string of the molecule is O=C(Nc1ccc2ncnn2c1)c1ccc(CN2CCCCC2)cc1. The molecule has 3 heterocycles. The normalized spacial score (nSPS) is 15.4. The number of fused-ring (bicyclic) bond motifs is 1. The van der Waals surface area contributed by atoms with Gasteiger partial charge in [-0.1, -0.05) is 18.6 Å². The molecule has 4 rings (SSSR count). The average molecular weight is 335 g/mol. The highest BCUT2D eigenvalue weighted by atomic mass is 16.1. The third kappa shape index (κ3) is 3.69. The molecule has 0 saturated carbocycles. The fourth-order valence-corrected chi connectivity index (χ4v) is 3.23. The van der Waals surface area contributed by atoms with Gasteiger partial charge in [-0.25, -0.2) is 9.50 Å². The van der Waals surface area contributed by atoms with Gasteiger partial charge >= 0.3 is 0 Å². The van der Waals surface area contributed by atoms with E-state index in [2.05, 4.69) is 20.3 Å². The van der Waals surface area contributed by atoms with Gasteiger partial charge in [0.05, 0.1) is 11.9 Å². The van der Waals surface area contributed by atoms with Crippen LogP contribution in [0.1, 0.15) is 35.2 Å². The minimum absolute atomic E-state index is 0.121. The Kier molecular flexibility index (Phi) is 4.43. The maximum absolute atomic E-state index is 12.4. The number of likely N-dealkylation sites (tertiary alicyclic amines) is 1. The van der Waals surface area contributed by atoms with Gasteiger partial charge in [-0.3, -0.25) is 9.69 Å². The summed E-state index contributed by atoms with van der Waals surface area (Å²) < 4.78 is 1.64. The lowest BCUT2D eigenvalue weighted by Gasteiger charge is -2.26. The number of amides is 1. The molecule has 6 nitrogen and oxygen atoms in total. The van der Waals surface area contributed by atoms with Gasteiger partial charge in [-0.05, 0) is 55.8 Å². The summed E-state index contributed by atoms with van der Waals surface area (Å²) in [6.07, 6.45) is 7.16. The van der Waals surface area contributed by atoms with Crippen LogP contribution in [0.2, 0.25) is 0 Å². The molecule has 0 bridgehead atoms. The molecule has 0 atom stereocenters. The van der Waals surface area contributed by atoms with Crippen molar-refractivity contribution in [1.82, 2.24) is 19.5 Å². The summed E-state index contributed by atoms with van der Waals surface area (Å²) in [5.41, 5.74) is 3.35. The van der Waals surface area contributed by atoms with Crippen LogP contribution in [0, 0.1) is 0 Å². The first-order valence-electron chi connectivity index (χ1n) is 8.70. The lowest BCUT2D eigenvalue weighted by molar-refractivity contribution is 0.102. The van der Waals surface area contributed by atoms with Crippen molar-refractivity contribution >= 4 is 17.2 Å². The Morgan fingerprint density at radius 2 is 1.84 bits per heavy atom. The molecular weight excluding hydrogens is 314 g/mol. The van der Waals surface area contributed by atoms with Crippen LogP contribution < -0.4 is 5.32 Å². The molecular formula is C19H21N5O. The first-order valence-corrected chi connectivity index (χ1v) is 8.70. The summed E-state index contributed by atoms with van der Waals surface area (Å²) in [5, 5.41) is 6.98. The molecule has 0 aliphatic carbocycles. The largest absolute Gasteiger partial charge is 0.321 e. The van der Waals surface area contributed by atoms with E-state index in [0.29, 0.717) is 11.3 Å². The summed E-state index contributed by atoms with van der Waals surface area (Å²) in [6, 6.07) is 11.5. The van der Waals surface area contributed by atoms with E-state index in [9.17, 15) is 4.79 Å². The van der Waals surface area contributed by atoms with E-state index < -0.39 is 0 Å². The second kappa shape index (κ2) is 7.03. The summed E-state index contributed by atoms with van der Waals surface area (Å²) >= 11 is 0. The third-order valence-corrected chi connectivity index (χ3v) is 4.60. The van der Waals surface area contributed by atoms with Crippen LogP contribution in [0.25, 0.3) is 5.65 Å². The maximum Gasteiger partial charge on any atom is 0.255 e. The Labute approximate surface area is 146 Å². The zero-order valence-electron chi connectivity index (χ0n) is 14.1. The number of piperidine rings is 1. The number of hydrogen-bond donors (Lipinski definition) is 1. The summed E-state index contributed by atoms with van der Waals surface area (Å²) in [6.45, 7) is 3.31. The van der Waals surface area contributed by atoms with Crippen LogP contribution >= 0.6 is 0 Å². The molecule has 0 spiro atoms. The zero-order chi connectivity index (χ0) is 17.1. The number of pyridine rings is 1. The highest BCUT2D eigenvalue weighted by Crippen LogP contribution is 2.15. The Hall–Kier alpha value is -2.73. The van der Waals surface area contributed by atoms with Gasteiger partial charge in [0.2, 0.25) is 0 Å². The second-order valence-corrected chi connectivity index (χ2v) is 6.47. The van der Waals surface area contributed by atoms with Crippen molar-refractivity contribution in [3.05, 3.63) is 60.0 Å². The van der Waals surface area contributed by atoms with Gasteiger partial charge in [0, 0.05) is 12.1 Å². The Bertz CT molecular complexity index is 865. The Balaban J connectivity index is 1.41. The zero-order valence-corrected chi connectivity index (χ0v) is 14.1. The Morgan fingerprint density at radius 3 is 2.64 bits per heavy atom. The minimum atomic E-state index is -0.121. The van der Waals surface area contributed by atoms with E-state index in [-0.39, 0.29) is 5.91 Å². The number of hydrogen-bond acceptors (Lipinski definition) is 4. The minimum Gasteiger partial charge on any atom is -0.321 e. The van der Waals surface area contributed by atoms with Crippen molar-refractivity contribution < 1.29 is 4.79 Å². The standard InChI is InChI=1S/C19H21N5O/c25-19(22-17-8-9-18-20-14-21-24(18)13-17)16-6-4-15(5-7-16)12-23-10-2-1-3-11-23/h4-9,13-14H,1-3,10-12H2,(H,22,25). The molecule has 1 amide bonds. The lowest BCUT2D eigenvalue weighted by atomic mass is 10.1. The number of nitrogens with zero attached hydrogens (tertiary/aromatic N) is 4. The topological polar surface area (TPSA) is 62.5 Å². The molecule has 128 valence electrons. The van der Waals surface area contributed by atoms with Gasteiger partial charge < -0.3 is 5.32 Å². The molecule has 3 aromatic rings. The molecule has 1 aromatic carbocycles. The third-order valence-electron chi connectivity index (χ3n) is 4.60. The smallest absolute Gasteiger partial charge is 0.255 e. The number of carbonyl (C=O) groups is 1. The number of nitrogens with one attached hydrogen (secondary N) is 1. The van der Waals surface area contributed by atoms with E-state index in [0.717, 1.165) is 12.2 Å². The Morgan fingerprint density at radius 1 is 1.04 bits per heavy atom. The summed E-state index contributed by atoms with van der Waals surface area (Å²) in [4.78, 5) is 19.0. The first kappa shape index (κ1) is 15.8. The van der Waals surface area contributed by atoms with Gasteiger partial charge in [0.25, 0.3) is 5.91 Å². The maximum atomic E-state index is 12.4. The van der Waals surface area contributed by atoms with Crippen molar-refractivity contribution in [2.24, 2.45) is 0 Å². The molecule has 1 fully saturated rings. The number of aromatic nitrogens is 3. The van der Waals surface area contributed by atoms with Crippen LogP contribution in [-0.2, 0) is 6.54 Å².